The van der Waals surface area contributed by atoms with E-state index in [1.807, 2.05) is 11.3 Å². The normalized spacial score (nSPS) is 17.9. The van der Waals surface area contributed by atoms with Crippen molar-refractivity contribution in [1.82, 2.24) is 0 Å². The Kier molecular flexibility index (Phi) is 4.57. The van der Waals surface area contributed by atoms with Crippen LogP contribution in [0.3, 0.4) is 0 Å². The summed E-state index contributed by atoms with van der Waals surface area (Å²) in [5, 5.41) is 5.15. The van der Waals surface area contributed by atoms with Gasteiger partial charge in [-0.15, -0.1) is 11.3 Å². The molecule has 9 aromatic rings. The Morgan fingerprint density at radius 3 is 2.12 bits per heavy atom. The maximum atomic E-state index is 2.54. The van der Waals surface area contributed by atoms with Crippen molar-refractivity contribution >= 4 is 59.3 Å². The van der Waals surface area contributed by atoms with Crippen LogP contribution in [0, 0.1) is 0 Å². The van der Waals surface area contributed by atoms with Crippen molar-refractivity contribution in [2.75, 3.05) is 4.90 Å². The quantitative estimate of drug-likeness (QED) is 0.184. The molecule has 13 rings (SSSR count). The molecule has 2 unspecified atom stereocenters. The molecule has 0 saturated carbocycles. The third-order valence-corrected chi connectivity index (χ3v) is 13.3. The van der Waals surface area contributed by atoms with Crippen LogP contribution in [0.1, 0.15) is 44.9 Å². The average molecular weight is 650 g/mol. The molecule has 1 heterocycles. The van der Waals surface area contributed by atoms with E-state index in [4.69, 9.17) is 0 Å². The third kappa shape index (κ3) is 2.95. The Labute approximate surface area is 293 Å². The van der Waals surface area contributed by atoms with E-state index in [0.29, 0.717) is 5.92 Å². The molecule has 8 aromatic carbocycles. The molecule has 1 spiro atoms. The fourth-order valence-electron chi connectivity index (χ4n) is 10.2. The molecule has 0 bridgehead atoms. The number of hydrogen-bond donors (Lipinski definition) is 0. The molecule has 0 N–H and O–H groups in total. The van der Waals surface area contributed by atoms with E-state index in [-0.39, 0.29) is 5.41 Å². The predicted octanol–water partition coefficient (Wildman–Crippen LogP) is 12.8. The van der Waals surface area contributed by atoms with Gasteiger partial charge in [-0.2, -0.15) is 0 Å². The highest BCUT2D eigenvalue weighted by Gasteiger charge is 2.61. The van der Waals surface area contributed by atoms with Crippen LogP contribution in [-0.4, -0.2) is 0 Å². The lowest BCUT2D eigenvalue weighted by Gasteiger charge is -2.35. The summed E-state index contributed by atoms with van der Waals surface area (Å²) in [5.41, 5.74) is 19.3. The summed E-state index contributed by atoms with van der Waals surface area (Å²) in [5.74, 6) is 0.437. The van der Waals surface area contributed by atoms with Gasteiger partial charge in [0.1, 0.15) is 0 Å². The zero-order valence-corrected chi connectivity index (χ0v) is 27.8. The lowest BCUT2D eigenvalue weighted by molar-refractivity contribution is 0.759. The maximum Gasteiger partial charge on any atom is 0.0732 e. The fourth-order valence-corrected chi connectivity index (χ4v) is 11.3. The number of fused-ring (bicyclic) bond motifs is 10. The van der Waals surface area contributed by atoms with E-state index >= 15 is 0 Å². The van der Waals surface area contributed by atoms with Crippen LogP contribution in [0.15, 0.2) is 158 Å². The van der Waals surface area contributed by atoms with Crippen molar-refractivity contribution < 1.29 is 0 Å². The van der Waals surface area contributed by atoms with Gasteiger partial charge < -0.3 is 4.90 Å². The first-order valence-electron chi connectivity index (χ1n) is 17.5. The van der Waals surface area contributed by atoms with Gasteiger partial charge in [-0.05, 0) is 114 Å². The maximum absolute atomic E-state index is 2.54. The highest BCUT2D eigenvalue weighted by atomic mass is 32.1. The molecule has 4 aliphatic rings. The minimum Gasteiger partial charge on any atom is -0.310 e. The van der Waals surface area contributed by atoms with E-state index in [9.17, 15) is 0 Å². The molecule has 1 nitrogen and oxygen atoms in total. The summed E-state index contributed by atoms with van der Waals surface area (Å²) < 4.78 is 2.64. The molecular formula is C48H27NS. The van der Waals surface area contributed by atoms with Crippen LogP contribution in [-0.2, 0) is 5.41 Å². The monoisotopic (exact) mass is 649 g/mol. The van der Waals surface area contributed by atoms with Crippen LogP contribution in [0.25, 0.3) is 53.2 Å². The smallest absolute Gasteiger partial charge is 0.0732 e. The largest absolute Gasteiger partial charge is 0.310 e. The summed E-state index contributed by atoms with van der Waals surface area (Å²) in [6.45, 7) is 0. The first-order chi connectivity index (χ1) is 24.8. The van der Waals surface area contributed by atoms with E-state index in [1.165, 1.54) is 98.1 Å². The minimum atomic E-state index is -0.300. The van der Waals surface area contributed by atoms with E-state index in [2.05, 4.69) is 163 Å². The Morgan fingerprint density at radius 1 is 0.440 bits per heavy atom. The van der Waals surface area contributed by atoms with E-state index in [1.54, 1.807) is 11.1 Å². The fraction of sp³-hybridized carbons (Fsp3) is 0.0417. The number of nitrogens with zero attached hydrogens (tertiary/aromatic N) is 1. The van der Waals surface area contributed by atoms with E-state index in [0.717, 1.165) is 0 Å². The van der Waals surface area contributed by atoms with Gasteiger partial charge in [-0.3, -0.25) is 0 Å². The number of thiophene rings is 1. The van der Waals surface area contributed by atoms with Gasteiger partial charge in [-0.1, -0.05) is 115 Å². The Bertz CT molecular complexity index is 3020. The van der Waals surface area contributed by atoms with Gasteiger partial charge in [-0.25, -0.2) is 0 Å². The Morgan fingerprint density at radius 2 is 1.14 bits per heavy atom. The number of anilines is 3. The van der Waals surface area contributed by atoms with Crippen molar-refractivity contribution in [3.8, 4) is 22.3 Å². The van der Waals surface area contributed by atoms with Crippen LogP contribution >= 0.6 is 11.3 Å². The number of hydrogen-bond acceptors (Lipinski definition) is 2. The first-order valence-corrected chi connectivity index (χ1v) is 18.4. The standard InChI is InChI=1S/C48H27NS/c1-2-9-28-24-29(17-16-27(28)8-1)49(31-19-21-35-34-11-4-6-15-42(34)50-43(35)26-31)30-18-20-33-37-22-23-38-44-39-13-7-12-36-32-10-3-5-14-40(32)48(46(36)39,41(33)25-30)47(37)45(38)44/h1-26,44H. The topological polar surface area (TPSA) is 3.24 Å². The second-order valence-electron chi connectivity index (χ2n) is 14.4. The Hall–Kier alpha value is -5.96. The summed E-state index contributed by atoms with van der Waals surface area (Å²) >= 11 is 1.88. The lowest BCUT2D eigenvalue weighted by Crippen LogP contribution is -2.29. The SMILES string of the molecule is c1ccc2c(c1)-c1cccc3c1C21c2cc(N(c4ccc5ccccc5c4)c4ccc5c(c4)sc4ccccc45)ccc2-c2ccc4c(c21)C43. The summed E-state index contributed by atoms with van der Waals surface area (Å²) in [7, 11) is 0. The first kappa shape index (κ1) is 26.0. The second kappa shape index (κ2) is 8.79. The molecule has 0 saturated heterocycles. The van der Waals surface area contributed by atoms with Gasteiger partial charge in [0.15, 0.2) is 0 Å². The molecule has 0 fully saturated rings. The predicted molar refractivity (Wildman–Crippen MR) is 209 cm³/mol. The number of rotatable bonds is 3. The molecule has 50 heavy (non-hydrogen) atoms. The van der Waals surface area contributed by atoms with E-state index < -0.39 is 0 Å². The lowest BCUT2D eigenvalue weighted by atomic mass is 9.66. The van der Waals surface area contributed by atoms with Crippen LogP contribution < -0.4 is 4.90 Å². The summed E-state index contributed by atoms with van der Waals surface area (Å²) in [6, 6.07) is 59.9. The van der Waals surface area contributed by atoms with Gasteiger partial charge in [0.25, 0.3) is 0 Å². The van der Waals surface area contributed by atoms with Crippen LogP contribution in [0.4, 0.5) is 17.1 Å². The highest BCUT2D eigenvalue weighted by Crippen LogP contribution is 2.73. The average Bonchev–Trinajstić information content (AvgIpc) is 3.51. The third-order valence-electron chi connectivity index (χ3n) is 12.1. The van der Waals surface area contributed by atoms with Crippen molar-refractivity contribution in [2.24, 2.45) is 0 Å². The van der Waals surface area contributed by atoms with Crippen molar-refractivity contribution in [3.63, 3.8) is 0 Å². The van der Waals surface area contributed by atoms with Gasteiger partial charge in [0, 0.05) is 43.2 Å². The summed E-state index contributed by atoms with van der Waals surface area (Å²) in [4.78, 5) is 2.49. The molecule has 0 radical (unpaired) electrons. The van der Waals surface area contributed by atoms with Crippen LogP contribution in [0.5, 0.6) is 0 Å². The summed E-state index contributed by atoms with van der Waals surface area (Å²) in [6.07, 6.45) is 0. The highest BCUT2D eigenvalue weighted by molar-refractivity contribution is 7.25. The Balaban J connectivity index is 1.10. The molecule has 0 amide bonds. The molecule has 1 aromatic heterocycles. The van der Waals surface area contributed by atoms with Crippen molar-refractivity contribution in [2.45, 2.75) is 11.3 Å². The van der Waals surface area contributed by atoms with Crippen LogP contribution in [0.2, 0.25) is 0 Å². The van der Waals surface area contributed by atoms with Gasteiger partial charge >= 0.3 is 0 Å². The molecule has 2 atom stereocenters. The molecule has 0 aliphatic heterocycles. The minimum absolute atomic E-state index is 0.300. The second-order valence-corrected chi connectivity index (χ2v) is 15.4. The van der Waals surface area contributed by atoms with Gasteiger partial charge in [0.05, 0.1) is 5.41 Å². The van der Waals surface area contributed by atoms with Crippen molar-refractivity contribution in [1.29, 1.82) is 0 Å². The van der Waals surface area contributed by atoms with Gasteiger partial charge in [0.2, 0.25) is 0 Å². The molecule has 2 heteroatoms. The zero-order valence-electron chi connectivity index (χ0n) is 26.9. The molecule has 4 aliphatic carbocycles. The number of benzene rings is 8. The molecule has 230 valence electrons. The molecular weight excluding hydrogens is 623 g/mol. The van der Waals surface area contributed by atoms with Crippen molar-refractivity contribution in [3.05, 3.63) is 197 Å². The zero-order chi connectivity index (χ0) is 32.3.